The molecule has 2 saturated heterocycles. The second kappa shape index (κ2) is 10.6. The monoisotopic (exact) mass is 405 g/mol. The fourth-order valence-corrected chi connectivity index (χ4v) is 4.70. The first-order valence-corrected chi connectivity index (χ1v) is 11.4. The van der Waals surface area contributed by atoms with E-state index in [1.165, 1.54) is 18.4 Å². The Morgan fingerprint density at radius 2 is 1.71 bits per heavy atom. The molecule has 1 amide bonds. The highest BCUT2D eigenvalue weighted by atomic mass is 35.5. The number of carbonyl (C=O) groups excluding carboxylic acids is 1. The molecule has 1 aromatic carbocycles. The van der Waals surface area contributed by atoms with Gasteiger partial charge in [-0.15, -0.1) is 0 Å². The third-order valence-electron chi connectivity index (χ3n) is 6.66. The third-order valence-corrected chi connectivity index (χ3v) is 6.91. The highest BCUT2D eigenvalue weighted by Crippen LogP contribution is 2.25. The molecular formula is C23H36ClN3O. The average molecular weight is 406 g/mol. The average Bonchev–Trinajstić information content (AvgIpc) is 2.74. The Labute approximate surface area is 175 Å². The molecule has 3 rings (SSSR count). The van der Waals surface area contributed by atoms with Crippen LogP contribution in [0.25, 0.3) is 0 Å². The van der Waals surface area contributed by atoms with E-state index in [1.54, 1.807) is 0 Å². The topological polar surface area (TPSA) is 26.8 Å². The SMILES string of the molecule is CCN1CCN(C(=O)CCC2CCN([C@H](C)Cc3ccc(Cl)cc3)CC2)CC1. The number of halogens is 1. The number of hydrogen-bond donors (Lipinski definition) is 0. The molecule has 0 aliphatic carbocycles. The standard InChI is InChI=1S/C23H36ClN3O/c1-3-25-14-16-27(17-15-25)23(28)9-6-20-10-12-26(13-11-20)19(2)18-21-4-7-22(24)8-5-21/h4-5,7-8,19-20H,3,6,9-18H2,1-2H3/t19-/m1/s1. The van der Waals surface area contributed by atoms with Crippen molar-refractivity contribution in [1.29, 1.82) is 0 Å². The van der Waals surface area contributed by atoms with Crippen LogP contribution in [0.2, 0.25) is 5.02 Å². The maximum Gasteiger partial charge on any atom is 0.222 e. The minimum atomic E-state index is 0.370. The number of likely N-dealkylation sites (tertiary alicyclic amines) is 1. The van der Waals surface area contributed by atoms with Gasteiger partial charge in [-0.25, -0.2) is 0 Å². The van der Waals surface area contributed by atoms with Crippen LogP contribution in [-0.4, -0.2) is 72.5 Å². The van der Waals surface area contributed by atoms with Crippen LogP contribution in [0.5, 0.6) is 0 Å². The van der Waals surface area contributed by atoms with Gasteiger partial charge in [0.2, 0.25) is 5.91 Å². The highest BCUT2D eigenvalue weighted by molar-refractivity contribution is 6.30. The van der Waals surface area contributed by atoms with Crippen molar-refractivity contribution in [1.82, 2.24) is 14.7 Å². The molecular weight excluding hydrogens is 370 g/mol. The van der Waals surface area contributed by atoms with E-state index >= 15 is 0 Å². The van der Waals surface area contributed by atoms with Crippen LogP contribution in [0.3, 0.4) is 0 Å². The van der Waals surface area contributed by atoms with E-state index in [0.29, 0.717) is 17.9 Å². The molecule has 5 heteroatoms. The summed E-state index contributed by atoms with van der Waals surface area (Å²) in [5.74, 6) is 1.08. The van der Waals surface area contributed by atoms with Crippen molar-refractivity contribution in [2.45, 2.75) is 52.0 Å². The Morgan fingerprint density at radius 1 is 1.07 bits per heavy atom. The minimum Gasteiger partial charge on any atom is -0.340 e. The van der Waals surface area contributed by atoms with Gasteiger partial charge in [-0.1, -0.05) is 30.7 Å². The predicted octanol–water partition coefficient (Wildman–Crippen LogP) is 3.93. The number of piperidine rings is 1. The quantitative estimate of drug-likeness (QED) is 0.687. The molecule has 2 aliphatic rings. The summed E-state index contributed by atoms with van der Waals surface area (Å²) >= 11 is 5.99. The molecule has 156 valence electrons. The fourth-order valence-electron chi connectivity index (χ4n) is 4.57. The van der Waals surface area contributed by atoms with E-state index < -0.39 is 0 Å². The van der Waals surface area contributed by atoms with E-state index in [9.17, 15) is 4.79 Å². The molecule has 0 N–H and O–H groups in total. The molecule has 0 spiro atoms. The molecule has 2 fully saturated rings. The smallest absolute Gasteiger partial charge is 0.222 e. The van der Waals surface area contributed by atoms with Crippen LogP contribution in [-0.2, 0) is 11.2 Å². The zero-order chi connectivity index (χ0) is 19.9. The summed E-state index contributed by atoms with van der Waals surface area (Å²) in [6.45, 7) is 11.8. The van der Waals surface area contributed by atoms with Gasteiger partial charge >= 0.3 is 0 Å². The number of amides is 1. The van der Waals surface area contributed by atoms with Gasteiger partial charge in [0.15, 0.2) is 0 Å². The Kier molecular flexibility index (Phi) is 8.19. The summed E-state index contributed by atoms with van der Waals surface area (Å²) in [6.07, 6.45) is 5.32. The molecule has 28 heavy (non-hydrogen) atoms. The zero-order valence-electron chi connectivity index (χ0n) is 17.6. The first-order valence-electron chi connectivity index (χ1n) is 11.0. The Balaban J connectivity index is 1.34. The molecule has 2 heterocycles. The van der Waals surface area contributed by atoms with Gasteiger partial charge in [-0.05, 0) is 75.9 Å². The molecule has 1 atom stereocenters. The number of hydrogen-bond acceptors (Lipinski definition) is 3. The zero-order valence-corrected chi connectivity index (χ0v) is 18.3. The predicted molar refractivity (Wildman–Crippen MR) is 117 cm³/mol. The lowest BCUT2D eigenvalue weighted by Gasteiger charge is -2.37. The molecule has 2 aliphatic heterocycles. The first kappa shape index (κ1) is 21.6. The molecule has 4 nitrogen and oxygen atoms in total. The summed E-state index contributed by atoms with van der Waals surface area (Å²) < 4.78 is 0. The first-order chi connectivity index (χ1) is 13.5. The molecule has 1 aromatic rings. The van der Waals surface area contributed by atoms with Crippen LogP contribution < -0.4 is 0 Å². The molecule has 0 unspecified atom stereocenters. The maximum atomic E-state index is 12.5. The van der Waals surface area contributed by atoms with E-state index in [1.807, 2.05) is 12.1 Å². The summed E-state index contributed by atoms with van der Waals surface area (Å²) in [5.41, 5.74) is 1.35. The lowest BCUT2D eigenvalue weighted by Crippen LogP contribution is -2.48. The molecule has 0 bridgehead atoms. The normalized spacial score (nSPS) is 21.0. The second-order valence-corrected chi connectivity index (χ2v) is 8.95. The highest BCUT2D eigenvalue weighted by Gasteiger charge is 2.25. The minimum absolute atomic E-state index is 0.370. The van der Waals surface area contributed by atoms with Crippen LogP contribution in [0.15, 0.2) is 24.3 Å². The van der Waals surface area contributed by atoms with Crippen LogP contribution in [0.1, 0.15) is 45.1 Å². The van der Waals surface area contributed by atoms with Crippen LogP contribution in [0.4, 0.5) is 0 Å². The lowest BCUT2D eigenvalue weighted by molar-refractivity contribution is -0.133. The van der Waals surface area contributed by atoms with E-state index in [2.05, 4.69) is 40.7 Å². The lowest BCUT2D eigenvalue weighted by atomic mass is 9.90. The van der Waals surface area contributed by atoms with E-state index in [-0.39, 0.29) is 0 Å². The number of carbonyl (C=O) groups is 1. The van der Waals surface area contributed by atoms with Gasteiger partial charge in [-0.3, -0.25) is 4.79 Å². The molecule has 0 saturated carbocycles. The summed E-state index contributed by atoms with van der Waals surface area (Å²) in [6, 6.07) is 8.79. The van der Waals surface area contributed by atoms with Crippen LogP contribution in [0, 0.1) is 5.92 Å². The third kappa shape index (κ3) is 6.20. The summed E-state index contributed by atoms with van der Waals surface area (Å²) in [4.78, 5) is 19.6. The van der Waals surface area contributed by atoms with Crippen LogP contribution >= 0.6 is 11.6 Å². The van der Waals surface area contributed by atoms with Gasteiger partial charge in [-0.2, -0.15) is 0 Å². The Bertz CT molecular complexity index is 605. The van der Waals surface area contributed by atoms with Crippen molar-refractivity contribution in [3.63, 3.8) is 0 Å². The number of nitrogens with zero attached hydrogens (tertiary/aromatic N) is 3. The Morgan fingerprint density at radius 3 is 2.32 bits per heavy atom. The maximum absolute atomic E-state index is 12.5. The number of piperazine rings is 1. The van der Waals surface area contributed by atoms with E-state index in [0.717, 1.165) is 70.1 Å². The van der Waals surface area contributed by atoms with E-state index in [4.69, 9.17) is 11.6 Å². The van der Waals surface area contributed by atoms with Gasteiger partial charge in [0.25, 0.3) is 0 Å². The summed E-state index contributed by atoms with van der Waals surface area (Å²) in [5, 5.41) is 0.805. The number of benzene rings is 1. The Hall–Kier alpha value is -1.10. The van der Waals surface area contributed by atoms with Crippen molar-refractivity contribution in [2.75, 3.05) is 45.8 Å². The van der Waals surface area contributed by atoms with Crippen molar-refractivity contribution >= 4 is 17.5 Å². The fraction of sp³-hybridized carbons (Fsp3) is 0.696. The number of rotatable bonds is 7. The van der Waals surface area contributed by atoms with Gasteiger partial charge < -0.3 is 14.7 Å². The molecule has 0 aromatic heterocycles. The van der Waals surface area contributed by atoms with Crippen molar-refractivity contribution in [2.24, 2.45) is 5.92 Å². The van der Waals surface area contributed by atoms with Gasteiger partial charge in [0.1, 0.15) is 0 Å². The van der Waals surface area contributed by atoms with Crippen molar-refractivity contribution in [3.05, 3.63) is 34.9 Å². The molecule has 0 radical (unpaired) electrons. The van der Waals surface area contributed by atoms with Crippen molar-refractivity contribution < 1.29 is 4.79 Å². The van der Waals surface area contributed by atoms with Gasteiger partial charge in [0.05, 0.1) is 0 Å². The summed E-state index contributed by atoms with van der Waals surface area (Å²) in [7, 11) is 0. The van der Waals surface area contributed by atoms with Gasteiger partial charge in [0, 0.05) is 43.7 Å². The second-order valence-electron chi connectivity index (χ2n) is 8.51. The van der Waals surface area contributed by atoms with Crippen molar-refractivity contribution in [3.8, 4) is 0 Å². The number of likely N-dealkylation sites (N-methyl/N-ethyl adjacent to an activating group) is 1. The largest absolute Gasteiger partial charge is 0.340 e.